The van der Waals surface area contributed by atoms with Crippen molar-refractivity contribution in [2.45, 2.75) is 20.0 Å². The van der Waals surface area contributed by atoms with Gasteiger partial charge in [-0.3, -0.25) is 0 Å². The number of nitrogens with zero attached hydrogens (tertiary/aromatic N) is 1. The topological polar surface area (TPSA) is 42.4 Å². The summed E-state index contributed by atoms with van der Waals surface area (Å²) in [6.45, 7) is 3.93. The van der Waals surface area contributed by atoms with Gasteiger partial charge in [0.1, 0.15) is 17.9 Å². The first kappa shape index (κ1) is 10.9. The molecule has 84 valence electrons. The molecule has 2 aromatic rings. The van der Waals surface area contributed by atoms with E-state index in [2.05, 4.69) is 4.98 Å². The molecule has 0 radical (unpaired) electrons. The van der Waals surface area contributed by atoms with Crippen LogP contribution in [0.25, 0.3) is 10.9 Å². The fraction of sp³-hybridized carbons (Fsp3) is 0.308. The molecule has 1 aromatic heterocycles. The van der Waals surface area contributed by atoms with Gasteiger partial charge in [-0.25, -0.2) is 4.98 Å². The van der Waals surface area contributed by atoms with Crippen molar-refractivity contribution in [3.05, 3.63) is 36.0 Å². The quantitative estimate of drug-likeness (QED) is 0.857. The molecule has 3 nitrogen and oxygen atoms in total. The maximum atomic E-state index is 9.19. The van der Waals surface area contributed by atoms with Crippen LogP contribution in [0.1, 0.15) is 12.6 Å². The highest BCUT2D eigenvalue weighted by Crippen LogP contribution is 2.23. The molecule has 3 heteroatoms. The third-order valence-corrected chi connectivity index (χ3v) is 2.30. The van der Waals surface area contributed by atoms with E-state index in [-0.39, 0.29) is 6.61 Å². The van der Waals surface area contributed by atoms with Crippen molar-refractivity contribution in [1.82, 2.24) is 4.98 Å². The molecular weight excluding hydrogens is 202 g/mol. The van der Waals surface area contributed by atoms with Gasteiger partial charge in [0.15, 0.2) is 0 Å². The zero-order valence-electron chi connectivity index (χ0n) is 9.47. The number of aromatic nitrogens is 1. The number of ether oxygens (including phenoxy) is 1. The number of aliphatic hydroxyl groups excluding tert-OH is 1. The van der Waals surface area contributed by atoms with Crippen molar-refractivity contribution in [2.24, 2.45) is 0 Å². The van der Waals surface area contributed by atoms with Gasteiger partial charge in [-0.1, -0.05) is 18.2 Å². The van der Waals surface area contributed by atoms with Crippen LogP contribution in [-0.2, 0) is 0 Å². The summed E-state index contributed by atoms with van der Waals surface area (Å²) in [5.41, 5.74) is 1.81. The van der Waals surface area contributed by atoms with Crippen LogP contribution in [0.5, 0.6) is 5.75 Å². The van der Waals surface area contributed by atoms with Crippen molar-refractivity contribution in [2.75, 3.05) is 6.61 Å². The standard InChI is InChI=1S/C13H15NO2/c1-9-6-7-11-4-3-5-12(13(11)14-9)16-8-10(2)15/h3-7,10,15H,8H2,1-2H3/t10-/m1/s1. The molecular formula is C13H15NO2. The summed E-state index contributed by atoms with van der Waals surface area (Å²) >= 11 is 0. The van der Waals surface area contributed by atoms with Gasteiger partial charge in [-0.15, -0.1) is 0 Å². The fourth-order valence-electron chi connectivity index (χ4n) is 1.54. The zero-order chi connectivity index (χ0) is 11.5. The summed E-state index contributed by atoms with van der Waals surface area (Å²) < 4.78 is 5.52. The lowest BCUT2D eigenvalue weighted by atomic mass is 10.2. The van der Waals surface area contributed by atoms with Crippen LogP contribution >= 0.6 is 0 Å². The molecule has 0 amide bonds. The minimum atomic E-state index is -0.472. The summed E-state index contributed by atoms with van der Waals surface area (Å²) in [7, 11) is 0. The number of fused-ring (bicyclic) bond motifs is 1. The Bertz CT molecular complexity index is 494. The van der Waals surface area contributed by atoms with Crippen LogP contribution in [0.15, 0.2) is 30.3 Å². The van der Waals surface area contributed by atoms with E-state index in [1.807, 2.05) is 37.3 Å². The third kappa shape index (κ3) is 2.31. The minimum absolute atomic E-state index is 0.286. The second-order valence-electron chi connectivity index (χ2n) is 3.94. The first-order valence-electron chi connectivity index (χ1n) is 5.34. The molecule has 0 aliphatic carbocycles. The molecule has 1 atom stereocenters. The molecule has 0 aliphatic rings. The number of aliphatic hydroxyl groups is 1. The third-order valence-electron chi connectivity index (χ3n) is 2.30. The molecule has 0 bridgehead atoms. The van der Waals surface area contributed by atoms with Crippen LogP contribution in [0.3, 0.4) is 0 Å². The average Bonchev–Trinajstić information content (AvgIpc) is 2.26. The lowest BCUT2D eigenvalue weighted by Gasteiger charge is -2.10. The van der Waals surface area contributed by atoms with Crippen molar-refractivity contribution in [1.29, 1.82) is 0 Å². The van der Waals surface area contributed by atoms with Gasteiger partial charge < -0.3 is 9.84 Å². The van der Waals surface area contributed by atoms with Gasteiger partial charge in [0, 0.05) is 11.1 Å². The second kappa shape index (κ2) is 4.49. The van der Waals surface area contributed by atoms with Crippen LogP contribution in [0.2, 0.25) is 0 Å². The van der Waals surface area contributed by atoms with E-state index in [4.69, 9.17) is 4.74 Å². The van der Waals surface area contributed by atoms with Crippen LogP contribution in [0.4, 0.5) is 0 Å². The number of aryl methyl sites for hydroxylation is 1. The van der Waals surface area contributed by atoms with E-state index < -0.39 is 6.10 Å². The van der Waals surface area contributed by atoms with E-state index in [1.54, 1.807) is 6.92 Å². The number of hydrogen-bond acceptors (Lipinski definition) is 3. The van der Waals surface area contributed by atoms with Crippen molar-refractivity contribution in [3.63, 3.8) is 0 Å². The Balaban J connectivity index is 2.40. The normalized spacial score (nSPS) is 12.7. The second-order valence-corrected chi connectivity index (χ2v) is 3.94. The highest BCUT2D eigenvalue weighted by molar-refractivity contribution is 5.84. The van der Waals surface area contributed by atoms with Gasteiger partial charge in [0.2, 0.25) is 0 Å². The molecule has 0 aliphatic heterocycles. The smallest absolute Gasteiger partial charge is 0.145 e. The summed E-state index contributed by atoms with van der Waals surface area (Å²) in [6.07, 6.45) is -0.472. The molecule has 0 fully saturated rings. The van der Waals surface area contributed by atoms with Gasteiger partial charge in [-0.2, -0.15) is 0 Å². The Labute approximate surface area is 94.7 Å². The summed E-state index contributed by atoms with van der Waals surface area (Å²) in [6, 6.07) is 9.79. The van der Waals surface area contributed by atoms with E-state index in [0.29, 0.717) is 0 Å². The number of hydrogen-bond donors (Lipinski definition) is 1. The van der Waals surface area contributed by atoms with Gasteiger partial charge in [0.25, 0.3) is 0 Å². The SMILES string of the molecule is Cc1ccc2cccc(OC[C@@H](C)O)c2n1. The average molecular weight is 217 g/mol. The molecule has 1 heterocycles. The summed E-state index contributed by atoms with van der Waals surface area (Å²) in [4.78, 5) is 4.45. The minimum Gasteiger partial charge on any atom is -0.489 e. The number of para-hydroxylation sites is 1. The maximum Gasteiger partial charge on any atom is 0.145 e. The fourth-order valence-corrected chi connectivity index (χ4v) is 1.54. The lowest BCUT2D eigenvalue weighted by molar-refractivity contribution is 0.123. The Kier molecular flexibility index (Phi) is 3.06. The first-order valence-corrected chi connectivity index (χ1v) is 5.34. The van der Waals surface area contributed by atoms with Crippen LogP contribution < -0.4 is 4.74 Å². The molecule has 0 spiro atoms. The molecule has 16 heavy (non-hydrogen) atoms. The van der Waals surface area contributed by atoms with Gasteiger partial charge in [0.05, 0.1) is 6.10 Å². The Morgan fingerprint density at radius 2 is 2.12 bits per heavy atom. The van der Waals surface area contributed by atoms with Gasteiger partial charge in [-0.05, 0) is 26.0 Å². The summed E-state index contributed by atoms with van der Waals surface area (Å²) in [5.74, 6) is 0.724. The monoisotopic (exact) mass is 217 g/mol. The number of pyridine rings is 1. The predicted octanol–water partition coefficient (Wildman–Crippen LogP) is 2.30. The zero-order valence-corrected chi connectivity index (χ0v) is 9.47. The highest BCUT2D eigenvalue weighted by Gasteiger charge is 2.04. The first-order chi connectivity index (χ1) is 7.66. The highest BCUT2D eigenvalue weighted by atomic mass is 16.5. The molecule has 1 aromatic carbocycles. The summed E-state index contributed by atoms with van der Waals surface area (Å²) in [5, 5.41) is 10.2. The van der Waals surface area contributed by atoms with Gasteiger partial charge >= 0.3 is 0 Å². The number of rotatable bonds is 3. The maximum absolute atomic E-state index is 9.19. The Morgan fingerprint density at radius 3 is 2.88 bits per heavy atom. The lowest BCUT2D eigenvalue weighted by Crippen LogP contribution is -2.13. The molecule has 0 saturated carbocycles. The van der Waals surface area contributed by atoms with Crippen LogP contribution in [0, 0.1) is 6.92 Å². The Hall–Kier alpha value is -1.61. The van der Waals surface area contributed by atoms with Crippen LogP contribution in [-0.4, -0.2) is 22.8 Å². The van der Waals surface area contributed by atoms with Crippen molar-refractivity contribution >= 4 is 10.9 Å². The number of benzene rings is 1. The molecule has 0 unspecified atom stereocenters. The van der Waals surface area contributed by atoms with E-state index >= 15 is 0 Å². The van der Waals surface area contributed by atoms with Crippen molar-refractivity contribution in [3.8, 4) is 5.75 Å². The molecule has 2 rings (SSSR count). The molecule has 0 saturated heterocycles. The van der Waals surface area contributed by atoms with E-state index in [0.717, 1.165) is 22.3 Å². The largest absolute Gasteiger partial charge is 0.489 e. The molecule has 1 N–H and O–H groups in total. The predicted molar refractivity (Wildman–Crippen MR) is 63.7 cm³/mol. The van der Waals surface area contributed by atoms with Crippen molar-refractivity contribution < 1.29 is 9.84 Å². The van der Waals surface area contributed by atoms with E-state index in [9.17, 15) is 5.11 Å². The van der Waals surface area contributed by atoms with E-state index in [1.165, 1.54) is 0 Å². The Morgan fingerprint density at radius 1 is 1.31 bits per heavy atom.